The quantitative estimate of drug-likeness (QED) is 0.497. The number of halogens is 2. The molecule has 1 N–H and O–H groups in total. The highest BCUT2D eigenvalue weighted by atomic mass is 35.5. The Bertz CT molecular complexity index is 607. The molecule has 0 atom stereocenters. The van der Waals surface area contributed by atoms with E-state index >= 15 is 0 Å². The smallest absolute Gasteiger partial charge is 0.179 e. The number of Topliss-reactive ketones (excluding diaryl/α,β-unsaturated/α-hetero) is 1. The van der Waals surface area contributed by atoms with Gasteiger partial charge in [-0.15, -0.1) is 11.6 Å². The van der Waals surface area contributed by atoms with Crippen LogP contribution in [0.4, 0.5) is 5.69 Å². The first kappa shape index (κ1) is 13.8. The lowest BCUT2D eigenvalue weighted by Crippen LogP contribution is -1.97. The lowest BCUT2D eigenvalue weighted by Gasteiger charge is -1.94. The van der Waals surface area contributed by atoms with Crippen molar-refractivity contribution in [3.63, 3.8) is 0 Å². The van der Waals surface area contributed by atoms with Gasteiger partial charge in [-0.25, -0.2) is 0 Å². The van der Waals surface area contributed by atoms with Crippen LogP contribution in [0.5, 0.6) is 0 Å². The summed E-state index contributed by atoms with van der Waals surface area (Å²) in [5, 5.41) is 8.63. The standard InChI is InChI=1S/C13H11Cl2N3O/c14-6-13(19)9-5-10(16-7-9)8-17-18-12-4-2-1-3-11(12)15/h1-5,7,16H,6,8H2. The van der Waals surface area contributed by atoms with Gasteiger partial charge in [0, 0.05) is 17.5 Å². The second-order valence-electron chi connectivity index (χ2n) is 3.82. The van der Waals surface area contributed by atoms with E-state index < -0.39 is 0 Å². The monoisotopic (exact) mass is 295 g/mol. The predicted molar refractivity (Wildman–Crippen MR) is 75.5 cm³/mol. The van der Waals surface area contributed by atoms with Crippen molar-refractivity contribution in [2.45, 2.75) is 6.54 Å². The van der Waals surface area contributed by atoms with Gasteiger partial charge in [0.2, 0.25) is 0 Å². The molecular formula is C13H11Cl2N3O. The summed E-state index contributed by atoms with van der Waals surface area (Å²) in [6, 6.07) is 8.92. The number of carbonyl (C=O) groups is 1. The molecular weight excluding hydrogens is 285 g/mol. The summed E-state index contributed by atoms with van der Waals surface area (Å²) in [7, 11) is 0. The lowest BCUT2D eigenvalue weighted by atomic mass is 10.2. The topological polar surface area (TPSA) is 57.6 Å². The molecule has 2 rings (SSSR count). The van der Waals surface area contributed by atoms with Crippen LogP contribution in [-0.4, -0.2) is 16.6 Å². The Labute approximate surface area is 120 Å². The molecule has 0 saturated heterocycles. The Balaban J connectivity index is 2.01. The van der Waals surface area contributed by atoms with E-state index in [2.05, 4.69) is 15.2 Å². The third kappa shape index (κ3) is 3.66. The largest absolute Gasteiger partial charge is 0.363 e. The summed E-state index contributed by atoms with van der Waals surface area (Å²) in [5.74, 6) is -0.148. The molecule has 0 unspecified atom stereocenters. The van der Waals surface area contributed by atoms with Crippen molar-refractivity contribution in [1.82, 2.24) is 4.98 Å². The van der Waals surface area contributed by atoms with E-state index in [4.69, 9.17) is 23.2 Å². The van der Waals surface area contributed by atoms with Gasteiger partial charge in [0.05, 0.1) is 10.9 Å². The Morgan fingerprint density at radius 2 is 2.11 bits per heavy atom. The Morgan fingerprint density at radius 3 is 2.84 bits per heavy atom. The van der Waals surface area contributed by atoms with Crippen LogP contribution in [0.15, 0.2) is 46.8 Å². The predicted octanol–water partition coefficient (Wildman–Crippen LogP) is 4.37. The van der Waals surface area contributed by atoms with Crippen LogP contribution in [-0.2, 0) is 6.54 Å². The molecule has 1 aromatic carbocycles. The van der Waals surface area contributed by atoms with Gasteiger partial charge in [-0.3, -0.25) is 4.79 Å². The van der Waals surface area contributed by atoms with E-state index in [0.717, 1.165) is 5.69 Å². The fourth-order valence-electron chi connectivity index (χ4n) is 1.49. The number of hydrogen-bond acceptors (Lipinski definition) is 3. The van der Waals surface area contributed by atoms with Gasteiger partial charge < -0.3 is 4.98 Å². The van der Waals surface area contributed by atoms with Crippen molar-refractivity contribution in [2.24, 2.45) is 10.2 Å². The molecule has 6 heteroatoms. The number of H-pyrrole nitrogens is 1. The highest BCUT2D eigenvalue weighted by Crippen LogP contribution is 2.24. The molecule has 1 heterocycles. The van der Waals surface area contributed by atoms with E-state index in [1.807, 2.05) is 12.1 Å². The minimum atomic E-state index is -0.118. The summed E-state index contributed by atoms with van der Waals surface area (Å²) < 4.78 is 0. The highest BCUT2D eigenvalue weighted by Gasteiger charge is 2.06. The highest BCUT2D eigenvalue weighted by molar-refractivity contribution is 6.32. The third-order valence-corrected chi connectivity index (χ3v) is 3.02. The molecule has 0 spiro atoms. The van der Waals surface area contributed by atoms with Crippen molar-refractivity contribution >= 4 is 34.7 Å². The SMILES string of the molecule is O=C(CCl)c1c[nH]c(CN=Nc2ccccc2Cl)c1. The van der Waals surface area contributed by atoms with Crippen molar-refractivity contribution < 1.29 is 4.79 Å². The molecule has 0 bridgehead atoms. The molecule has 0 aliphatic rings. The number of benzene rings is 1. The van der Waals surface area contributed by atoms with Gasteiger partial charge in [0.25, 0.3) is 0 Å². The van der Waals surface area contributed by atoms with Crippen LogP contribution in [0, 0.1) is 0 Å². The van der Waals surface area contributed by atoms with Gasteiger partial charge in [0.1, 0.15) is 12.2 Å². The number of nitrogens with zero attached hydrogens (tertiary/aromatic N) is 2. The van der Waals surface area contributed by atoms with Crippen LogP contribution in [0.1, 0.15) is 16.1 Å². The lowest BCUT2D eigenvalue weighted by molar-refractivity contribution is 0.102. The summed E-state index contributed by atoms with van der Waals surface area (Å²) in [5.41, 5.74) is 1.97. The average molecular weight is 296 g/mol. The number of aromatic nitrogens is 1. The van der Waals surface area contributed by atoms with Crippen LogP contribution < -0.4 is 0 Å². The summed E-state index contributed by atoms with van der Waals surface area (Å²) >= 11 is 11.4. The zero-order valence-corrected chi connectivity index (χ0v) is 11.4. The number of hydrogen-bond donors (Lipinski definition) is 1. The van der Waals surface area contributed by atoms with Crippen LogP contribution in [0.2, 0.25) is 5.02 Å². The molecule has 0 amide bonds. The number of alkyl halides is 1. The van der Waals surface area contributed by atoms with E-state index in [1.165, 1.54) is 0 Å². The molecule has 0 aliphatic heterocycles. The summed E-state index contributed by atoms with van der Waals surface area (Å²) in [6.45, 7) is 0.348. The number of ketones is 1. The zero-order chi connectivity index (χ0) is 13.7. The third-order valence-electron chi connectivity index (χ3n) is 2.46. The van der Waals surface area contributed by atoms with Crippen molar-refractivity contribution in [1.29, 1.82) is 0 Å². The minimum absolute atomic E-state index is 0.0293. The first-order valence-corrected chi connectivity index (χ1v) is 6.50. The van der Waals surface area contributed by atoms with Crippen LogP contribution >= 0.6 is 23.2 Å². The Kier molecular flexibility index (Phi) is 4.71. The van der Waals surface area contributed by atoms with E-state index in [0.29, 0.717) is 22.8 Å². The maximum absolute atomic E-state index is 11.3. The fourth-order valence-corrected chi connectivity index (χ4v) is 1.82. The Morgan fingerprint density at radius 1 is 1.32 bits per heavy atom. The van der Waals surface area contributed by atoms with Crippen molar-refractivity contribution in [3.05, 3.63) is 52.8 Å². The number of nitrogens with one attached hydrogen (secondary N) is 1. The first-order valence-electron chi connectivity index (χ1n) is 5.59. The normalized spacial score (nSPS) is 11.1. The van der Waals surface area contributed by atoms with E-state index in [1.54, 1.807) is 24.4 Å². The number of rotatable bonds is 5. The van der Waals surface area contributed by atoms with Crippen molar-refractivity contribution in [2.75, 3.05) is 5.88 Å². The van der Waals surface area contributed by atoms with Gasteiger partial charge in [-0.1, -0.05) is 23.7 Å². The van der Waals surface area contributed by atoms with Crippen LogP contribution in [0.25, 0.3) is 0 Å². The van der Waals surface area contributed by atoms with Gasteiger partial charge in [-0.2, -0.15) is 10.2 Å². The van der Waals surface area contributed by atoms with Gasteiger partial charge >= 0.3 is 0 Å². The molecule has 0 fully saturated rings. The fraction of sp³-hybridized carbons (Fsp3) is 0.154. The molecule has 1 aromatic heterocycles. The van der Waals surface area contributed by atoms with E-state index in [9.17, 15) is 4.79 Å². The summed E-state index contributed by atoms with van der Waals surface area (Å²) in [4.78, 5) is 14.3. The van der Waals surface area contributed by atoms with E-state index in [-0.39, 0.29) is 11.7 Å². The second kappa shape index (κ2) is 6.50. The Hall–Kier alpha value is -1.65. The molecule has 0 saturated carbocycles. The number of aromatic amines is 1. The first-order chi connectivity index (χ1) is 9.20. The molecule has 19 heavy (non-hydrogen) atoms. The second-order valence-corrected chi connectivity index (χ2v) is 4.50. The summed E-state index contributed by atoms with van der Waals surface area (Å²) in [6.07, 6.45) is 1.62. The number of carbonyl (C=O) groups excluding carboxylic acids is 1. The van der Waals surface area contributed by atoms with Crippen LogP contribution in [0.3, 0.4) is 0 Å². The molecule has 2 aromatic rings. The van der Waals surface area contributed by atoms with Gasteiger partial charge in [-0.05, 0) is 18.2 Å². The number of azo groups is 1. The zero-order valence-electron chi connectivity index (χ0n) is 9.94. The minimum Gasteiger partial charge on any atom is -0.363 e. The molecule has 0 aliphatic carbocycles. The van der Waals surface area contributed by atoms with Gasteiger partial charge in [0.15, 0.2) is 5.78 Å². The molecule has 98 valence electrons. The molecule has 4 nitrogen and oxygen atoms in total. The average Bonchev–Trinajstić information content (AvgIpc) is 2.89. The molecule has 0 radical (unpaired) electrons. The van der Waals surface area contributed by atoms with Crippen molar-refractivity contribution in [3.8, 4) is 0 Å². The maximum atomic E-state index is 11.3. The maximum Gasteiger partial charge on any atom is 0.179 e.